The first-order valence-corrected chi connectivity index (χ1v) is 13.3. The predicted octanol–water partition coefficient (Wildman–Crippen LogP) is 5.39. The van der Waals surface area contributed by atoms with Crippen LogP contribution in [0.2, 0.25) is 0 Å². The molecule has 4 heterocycles. The molecule has 1 saturated heterocycles. The Bertz CT molecular complexity index is 1140. The third kappa shape index (κ3) is 4.66. The molecular weight excluding hydrogens is 444 g/mol. The summed E-state index contributed by atoms with van der Waals surface area (Å²) in [7, 11) is 3.65. The fraction of sp³-hybridized carbons (Fsp3) is 0.538. The van der Waals surface area contributed by atoms with Crippen LogP contribution >= 0.6 is 11.3 Å². The van der Waals surface area contributed by atoms with Crippen molar-refractivity contribution < 1.29 is 4.79 Å². The maximum atomic E-state index is 12.9. The van der Waals surface area contributed by atoms with Crippen molar-refractivity contribution in [3.8, 4) is 0 Å². The van der Waals surface area contributed by atoms with Gasteiger partial charge >= 0.3 is 0 Å². The van der Waals surface area contributed by atoms with E-state index in [0.29, 0.717) is 17.8 Å². The molecule has 8 heteroatoms. The first kappa shape index (κ1) is 23.2. The molecule has 34 heavy (non-hydrogen) atoms. The predicted molar refractivity (Wildman–Crippen MR) is 138 cm³/mol. The van der Waals surface area contributed by atoms with Crippen LogP contribution in [0.3, 0.4) is 0 Å². The van der Waals surface area contributed by atoms with Crippen LogP contribution in [0, 0.1) is 0 Å². The van der Waals surface area contributed by atoms with E-state index in [9.17, 15) is 4.79 Å². The van der Waals surface area contributed by atoms with E-state index in [4.69, 9.17) is 0 Å². The highest BCUT2D eigenvalue weighted by molar-refractivity contribution is 7.21. The Labute approximate surface area is 205 Å². The normalized spacial score (nSPS) is 18.0. The van der Waals surface area contributed by atoms with Crippen molar-refractivity contribution in [2.45, 2.75) is 57.3 Å². The van der Waals surface area contributed by atoms with Crippen LogP contribution < -0.4 is 5.32 Å². The van der Waals surface area contributed by atoms with Gasteiger partial charge in [0.25, 0.3) is 5.91 Å². The molecule has 0 aromatic carbocycles. The van der Waals surface area contributed by atoms with Gasteiger partial charge in [0.2, 0.25) is 5.95 Å². The van der Waals surface area contributed by atoms with Gasteiger partial charge in [-0.2, -0.15) is 0 Å². The first-order valence-electron chi connectivity index (χ1n) is 12.5. The molecule has 7 nitrogen and oxygen atoms in total. The minimum atomic E-state index is 0.0845. The van der Waals surface area contributed by atoms with E-state index < -0.39 is 0 Å². The van der Waals surface area contributed by atoms with Gasteiger partial charge in [-0.3, -0.25) is 4.79 Å². The lowest BCUT2D eigenvalue weighted by Crippen LogP contribution is -2.32. The van der Waals surface area contributed by atoms with Crippen LogP contribution in [-0.4, -0.2) is 64.4 Å². The van der Waals surface area contributed by atoms with Gasteiger partial charge in [0.1, 0.15) is 5.82 Å². The second-order valence-corrected chi connectivity index (χ2v) is 10.8. The van der Waals surface area contributed by atoms with Gasteiger partial charge in [-0.15, -0.1) is 11.3 Å². The van der Waals surface area contributed by atoms with Crippen molar-refractivity contribution in [1.29, 1.82) is 0 Å². The summed E-state index contributed by atoms with van der Waals surface area (Å²) >= 11 is 1.57. The Hall–Kier alpha value is -2.58. The molecule has 1 saturated carbocycles. The largest absolute Gasteiger partial charge is 0.344 e. The summed E-state index contributed by atoms with van der Waals surface area (Å²) in [6.07, 6.45) is 12.9. The van der Waals surface area contributed by atoms with Crippen molar-refractivity contribution in [2.75, 3.05) is 39.0 Å². The number of carbonyl (C=O) groups is 1. The number of thiophene rings is 1. The number of pyridine rings is 1. The highest BCUT2D eigenvalue weighted by Gasteiger charge is 2.28. The molecule has 0 radical (unpaired) electrons. The molecule has 1 aliphatic heterocycles. The molecule has 1 amide bonds. The van der Waals surface area contributed by atoms with Crippen molar-refractivity contribution in [3.63, 3.8) is 0 Å². The monoisotopic (exact) mass is 478 g/mol. The fourth-order valence-corrected chi connectivity index (χ4v) is 6.64. The second-order valence-electron chi connectivity index (χ2n) is 9.77. The Morgan fingerprint density at radius 1 is 1.06 bits per heavy atom. The molecule has 1 aliphatic carbocycles. The Balaban J connectivity index is 1.38. The lowest BCUT2D eigenvalue weighted by atomic mass is 9.91. The lowest BCUT2D eigenvalue weighted by molar-refractivity contribution is 0.0831. The van der Waals surface area contributed by atoms with E-state index in [1.807, 2.05) is 32.7 Å². The van der Waals surface area contributed by atoms with E-state index >= 15 is 0 Å². The summed E-state index contributed by atoms with van der Waals surface area (Å²) in [6.45, 7) is 5.64. The lowest BCUT2D eigenvalue weighted by Gasteiger charge is -2.30. The zero-order valence-electron chi connectivity index (χ0n) is 20.4. The molecule has 1 N–H and O–H groups in total. The van der Waals surface area contributed by atoms with E-state index in [-0.39, 0.29) is 5.91 Å². The molecule has 0 bridgehead atoms. The highest BCUT2D eigenvalue weighted by Crippen LogP contribution is 2.44. The maximum Gasteiger partial charge on any atom is 0.263 e. The number of hydrogen-bond donors (Lipinski definition) is 1. The van der Waals surface area contributed by atoms with Crippen molar-refractivity contribution in [3.05, 3.63) is 40.7 Å². The SMILES string of the molecule is CCN1CCC(c2cnc(Nc3cc4c(C5CCCC5)c(C(=O)N(C)C)sc4cn3)nc2)CC1. The number of piperidine rings is 1. The highest BCUT2D eigenvalue weighted by atomic mass is 32.1. The summed E-state index contributed by atoms with van der Waals surface area (Å²) in [6, 6.07) is 2.07. The van der Waals surface area contributed by atoms with Crippen molar-refractivity contribution >= 4 is 39.1 Å². The molecule has 180 valence electrons. The summed E-state index contributed by atoms with van der Waals surface area (Å²) in [5, 5.41) is 4.43. The summed E-state index contributed by atoms with van der Waals surface area (Å²) in [4.78, 5) is 31.8. The Morgan fingerprint density at radius 3 is 2.41 bits per heavy atom. The van der Waals surface area contributed by atoms with Gasteiger partial charge in [0.05, 0.1) is 9.58 Å². The molecular formula is C26H34N6OS. The molecule has 5 rings (SSSR count). The van der Waals surface area contributed by atoms with Crippen molar-refractivity contribution in [2.24, 2.45) is 0 Å². The van der Waals surface area contributed by atoms with E-state index in [1.54, 1.807) is 16.2 Å². The number of amides is 1. The topological polar surface area (TPSA) is 74.2 Å². The average molecular weight is 479 g/mol. The summed E-state index contributed by atoms with van der Waals surface area (Å²) in [5.41, 5.74) is 2.43. The Morgan fingerprint density at radius 2 is 1.76 bits per heavy atom. The molecule has 3 aromatic rings. The van der Waals surface area contributed by atoms with Crippen molar-refractivity contribution in [1.82, 2.24) is 24.8 Å². The van der Waals surface area contributed by atoms with Gasteiger partial charge in [0, 0.05) is 38.1 Å². The first-order chi connectivity index (χ1) is 16.5. The number of nitrogens with one attached hydrogen (secondary N) is 1. The summed E-state index contributed by atoms with van der Waals surface area (Å²) < 4.78 is 1.06. The van der Waals surface area contributed by atoms with Crippen LogP contribution in [0.15, 0.2) is 24.7 Å². The zero-order valence-corrected chi connectivity index (χ0v) is 21.2. The number of hydrogen-bond acceptors (Lipinski definition) is 7. The number of nitrogens with zero attached hydrogens (tertiary/aromatic N) is 5. The zero-order chi connectivity index (χ0) is 23.7. The molecule has 0 atom stereocenters. The number of likely N-dealkylation sites (tertiary alicyclic amines) is 1. The number of rotatable bonds is 6. The molecule has 2 aliphatic rings. The number of carbonyl (C=O) groups excluding carboxylic acids is 1. The van der Waals surface area contributed by atoms with Crippen LogP contribution in [0.1, 0.15) is 78.1 Å². The van der Waals surface area contributed by atoms with E-state index in [1.165, 1.54) is 24.0 Å². The molecule has 0 spiro atoms. The summed E-state index contributed by atoms with van der Waals surface area (Å²) in [5.74, 6) is 2.35. The standard InChI is InChI=1S/C26H34N6OS/c1-4-32-11-9-17(10-12-32)19-14-28-26(29-15-19)30-22-13-20-21(16-27-22)34-24(25(33)31(2)3)23(20)18-7-5-6-8-18/h13-18H,4-12H2,1-3H3,(H,27,28,29,30). The van der Waals surface area contributed by atoms with Gasteiger partial charge in [0.15, 0.2) is 0 Å². The van der Waals surface area contributed by atoms with Crippen LogP contribution in [0.25, 0.3) is 10.1 Å². The average Bonchev–Trinajstić information content (AvgIpc) is 3.51. The van der Waals surface area contributed by atoms with Gasteiger partial charge in [-0.05, 0) is 74.3 Å². The molecule has 0 unspecified atom stereocenters. The Kier molecular flexibility index (Phi) is 6.79. The quantitative estimate of drug-likeness (QED) is 0.512. The third-order valence-electron chi connectivity index (χ3n) is 7.40. The minimum absolute atomic E-state index is 0.0845. The second kappa shape index (κ2) is 9.96. The number of aromatic nitrogens is 3. The molecule has 2 fully saturated rings. The minimum Gasteiger partial charge on any atom is -0.344 e. The van der Waals surface area contributed by atoms with Gasteiger partial charge in [-0.25, -0.2) is 15.0 Å². The third-order valence-corrected chi connectivity index (χ3v) is 8.54. The smallest absolute Gasteiger partial charge is 0.263 e. The maximum absolute atomic E-state index is 12.9. The van der Waals surface area contributed by atoms with Gasteiger partial charge < -0.3 is 15.1 Å². The fourth-order valence-electron chi connectivity index (χ4n) is 5.38. The van der Waals surface area contributed by atoms with Gasteiger partial charge in [-0.1, -0.05) is 19.8 Å². The van der Waals surface area contributed by atoms with Crippen LogP contribution in [-0.2, 0) is 0 Å². The number of fused-ring (bicyclic) bond motifs is 1. The van der Waals surface area contributed by atoms with E-state index in [2.05, 4.69) is 38.2 Å². The van der Waals surface area contributed by atoms with Crippen LogP contribution in [0.4, 0.5) is 11.8 Å². The molecule has 3 aromatic heterocycles. The van der Waals surface area contributed by atoms with E-state index in [0.717, 1.165) is 66.1 Å². The van der Waals surface area contributed by atoms with Crippen LogP contribution in [0.5, 0.6) is 0 Å². The number of anilines is 2.